The van der Waals surface area contributed by atoms with Gasteiger partial charge in [0.15, 0.2) is 5.78 Å². The maximum atomic E-state index is 12.4. The second-order valence-electron chi connectivity index (χ2n) is 6.08. The molecule has 0 aliphatic carbocycles. The van der Waals surface area contributed by atoms with Gasteiger partial charge in [-0.2, -0.15) is 0 Å². The summed E-state index contributed by atoms with van der Waals surface area (Å²) in [5, 5.41) is 13.6. The molecule has 3 rings (SSSR count). The van der Waals surface area contributed by atoms with E-state index in [1.807, 2.05) is 0 Å². The van der Waals surface area contributed by atoms with Gasteiger partial charge < -0.3 is 9.73 Å². The summed E-state index contributed by atoms with van der Waals surface area (Å²) in [6.45, 7) is 1.39. The lowest BCUT2D eigenvalue weighted by atomic mass is 10.1. The van der Waals surface area contributed by atoms with Gasteiger partial charge in [0.05, 0.1) is 9.95 Å². The second kappa shape index (κ2) is 8.53. The number of benzene rings is 2. The van der Waals surface area contributed by atoms with Crippen molar-refractivity contribution in [1.82, 2.24) is 0 Å². The van der Waals surface area contributed by atoms with Gasteiger partial charge >= 0.3 is 0 Å². The Labute approximate surface area is 170 Å². The predicted octanol–water partition coefficient (Wildman–Crippen LogP) is 5.36. The van der Waals surface area contributed by atoms with E-state index in [1.165, 1.54) is 37.3 Å². The largest absolute Gasteiger partial charge is 0.457 e. The zero-order valence-corrected chi connectivity index (χ0v) is 16.0. The number of anilines is 1. The molecule has 0 saturated heterocycles. The van der Waals surface area contributed by atoms with Crippen molar-refractivity contribution in [3.63, 3.8) is 0 Å². The number of nitro benzene ring substituents is 1. The maximum Gasteiger partial charge on any atom is 0.270 e. The summed E-state index contributed by atoms with van der Waals surface area (Å²) in [6, 6.07) is 14.0. The summed E-state index contributed by atoms with van der Waals surface area (Å²) in [5.74, 6) is 0.354. The highest BCUT2D eigenvalue weighted by Gasteiger charge is 2.13. The van der Waals surface area contributed by atoms with Crippen LogP contribution in [0.4, 0.5) is 11.4 Å². The molecule has 0 radical (unpaired) electrons. The number of allylic oxidation sites excluding steroid dienone is 1. The number of nitro groups is 1. The van der Waals surface area contributed by atoms with Crippen LogP contribution in [-0.4, -0.2) is 16.6 Å². The van der Waals surface area contributed by atoms with Crippen molar-refractivity contribution in [2.75, 3.05) is 5.32 Å². The van der Waals surface area contributed by atoms with E-state index >= 15 is 0 Å². The van der Waals surface area contributed by atoms with Gasteiger partial charge in [0, 0.05) is 35.9 Å². The highest BCUT2D eigenvalue weighted by molar-refractivity contribution is 6.33. The fourth-order valence-electron chi connectivity index (χ4n) is 2.61. The SMILES string of the molecule is CC(=O)Nc1cccc(C(=O)C=Cc2ccc(-c3ccc([N+](=O)[O-])cc3Cl)o2)c1. The lowest BCUT2D eigenvalue weighted by Crippen LogP contribution is -2.06. The Kier molecular flexibility index (Phi) is 5.90. The van der Waals surface area contributed by atoms with Gasteiger partial charge in [-0.15, -0.1) is 0 Å². The van der Waals surface area contributed by atoms with Crippen molar-refractivity contribution in [3.8, 4) is 11.3 Å². The van der Waals surface area contributed by atoms with Crippen LogP contribution < -0.4 is 5.32 Å². The van der Waals surface area contributed by atoms with Crippen LogP contribution >= 0.6 is 11.6 Å². The summed E-state index contributed by atoms with van der Waals surface area (Å²) in [7, 11) is 0. The molecule has 1 heterocycles. The number of hydrogen-bond donors (Lipinski definition) is 1. The molecule has 0 unspecified atom stereocenters. The first kappa shape index (κ1) is 20.0. The number of carbonyl (C=O) groups is 2. The van der Waals surface area contributed by atoms with Gasteiger partial charge in [-0.3, -0.25) is 19.7 Å². The molecule has 0 saturated carbocycles. The molecule has 0 spiro atoms. The number of carbonyl (C=O) groups excluding carboxylic acids is 2. The maximum absolute atomic E-state index is 12.4. The van der Waals surface area contributed by atoms with Crippen LogP contribution in [0.15, 0.2) is 65.1 Å². The van der Waals surface area contributed by atoms with E-state index < -0.39 is 4.92 Å². The lowest BCUT2D eigenvalue weighted by molar-refractivity contribution is -0.384. The molecule has 0 atom stereocenters. The summed E-state index contributed by atoms with van der Waals surface area (Å²) < 4.78 is 5.66. The third kappa shape index (κ3) is 4.97. The van der Waals surface area contributed by atoms with E-state index in [-0.39, 0.29) is 22.4 Å². The number of ketones is 1. The minimum atomic E-state index is -0.529. The average Bonchev–Trinajstić information content (AvgIpc) is 3.14. The fraction of sp³-hybridized carbons (Fsp3) is 0.0476. The zero-order chi connectivity index (χ0) is 21.0. The molecule has 7 nitrogen and oxygen atoms in total. The van der Waals surface area contributed by atoms with Gasteiger partial charge in [-0.25, -0.2) is 0 Å². The molecule has 8 heteroatoms. The van der Waals surface area contributed by atoms with Crippen LogP contribution in [0.2, 0.25) is 5.02 Å². The second-order valence-corrected chi connectivity index (χ2v) is 6.49. The molecule has 0 bridgehead atoms. The number of halogens is 1. The molecule has 2 aromatic carbocycles. The topological polar surface area (TPSA) is 102 Å². The van der Waals surface area contributed by atoms with Crippen molar-refractivity contribution in [2.45, 2.75) is 6.92 Å². The molecule has 3 aromatic rings. The number of nitrogens with one attached hydrogen (secondary N) is 1. The molecule has 0 aliphatic rings. The molecule has 1 N–H and O–H groups in total. The lowest BCUT2D eigenvalue weighted by Gasteiger charge is -2.03. The highest BCUT2D eigenvalue weighted by Crippen LogP contribution is 2.32. The number of furan rings is 1. The van der Waals surface area contributed by atoms with Crippen molar-refractivity contribution < 1.29 is 18.9 Å². The van der Waals surface area contributed by atoms with Gasteiger partial charge in [0.25, 0.3) is 5.69 Å². The van der Waals surface area contributed by atoms with Crippen molar-refractivity contribution in [3.05, 3.63) is 87.1 Å². The Morgan fingerprint density at radius 3 is 2.62 bits per heavy atom. The molecule has 29 heavy (non-hydrogen) atoms. The van der Waals surface area contributed by atoms with Crippen LogP contribution in [0.25, 0.3) is 17.4 Å². The van der Waals surface area contributed by atoms with E-state index in [0.717, 1.165) is 0 Å². The van der Waals surface area contributed by atoms with Gasteiger partial charge in [-0.1, -0.05) is 23.7 Å². The Morgan fingerprint density at radius 2 is 1.93 bits per heavy atom. The van der Waals surface area contributed by atoms with Gasteiger partial charge in [-0.05, 0) is 42.5 Å². The Morgan fingerprint density at radius 1 is 1.14 bits per heavy atom. The van der Waals surface area contributed by atoms with Crippen molar-refractivity contribution in [1.29, 1.82) is 0 Å². The monoisotopic (exact) mass is 410 g/mol. The van der Waals surface area contributed by atoms with Crippen molar-refractivity contribution >= 4 is 40.7 Å². The summed E-state index contributed by atoms with van der Waals surface area (Å²) in [4.78, 5) is 33.8. The molecular weight excluding hydrogens is 396 g/mol. The fourth-order valence-corrected chi connectivity index (χ4v) is 2.88. The standard InChI is InChI=1S/C21H15ClN2O5/c1-13(25)23-15-4-2-3-14(11-15)20(26)9-6-17-7-10-21(29-17)18-8-5-16(24(27)28)12-19(18)22/h2-12H,1H3,(H,23,25). The normalized spacial score (nSPS) is 10.8. The quantitative estimate of drug-likeness (QED) is 0.255. The molecule has 146 valence electrons. The summed E-state index contributed by atoms with van der Waals surface area (Å²) in [5.41, 5.74) is 1.34. The van der Waals surface area contributed by atoms with Crippen LogP contribution in [0.1, 0.15) is 23.0 Å². The molecular formula is C21H15ClN2O5. The third-order valence-corrected chi connectivity index (χ3v) is 4.23. The van der Waals surface area contributed by atoms with Crippen LogP contribution in [0.5, 0.6) is 0 Å². The molecule has 1 amide bonds. The smallest absolute Gasteiger partial charge is 0.270 e. The first-order chi connectivity index (χ1) is 13.8. The van der Waals surface area contributed by atoms with E-state index in [9.17, 15) is 19.7 Å². The average molecular weight is 411 g/mol. The van der Waals surface area contributed by atoms with Crippen molar-refractivity contribution in [2.24, 2.45) is 0 Å². The highest BCUT2D eigenvalue weighted by atomic mass is 35.5. The first-order valence-corrected chi connectivity index (χ1v) is 8.85. The van der Waals surface area contributed by atoms with Crippen LogP contribution in [-0.2, 0) is 4.79 Å². The van der Waals surface area contributed by atoms with Crippen LogP contribution in [0.3, 0.4) is 0 Å². The molecule has 0 fully saturated rings. The summed E-state index contributed by atoms with van der Waals surface area (Å²) in [6.07, 6.45) is 2.86. The van der Waals surface area contributed by atoms with E-state index in [1.54, 1.807) is 36.4 Å². The number of amides is 1. The van der Waals surface area contributed by atoms with E-state index in [2.05, 4.69) is 5.32 Å². The molecule has 1 aromatic heterocycles. The Balaban J connectivity index is 1.76. The minimum absolute atomic E-state index is 0.113. The number of nitrogens with zero attached hydrogens (tertiary/aromatic N) is 1. The Bertz CT molecular complexity index is 1130. The number of hydrogen-bond acceptors (Lipinski definition) is 5. The summed E-state index contributed by atoms with van der Waals surface area (Å²) >= 11 is 6.11. The van der Waals surface area contributed by atoms with E-state index in [4.69, 9.17) is 16.0 Å². The number of rotatable bonds is 6. The molecule has 0 aliphatic heterocycles. The van der Waals surface area contributed by atoms with E-state index in [0.29, 0.717) is 28.3 Å². The third-order valence-electron chi connectivity index (χ3n) is 3.92. The van der Waals surface area contributed by atoms with Gasteiger partial charge in [0.1, 0.15) is 11.5 Å². The minimum Gasteiger partial charge on any atom is -0.457 e. The Hall–Kier alpha value is -3.71. The number of non-ortho nitro benzene ring substituents is 1. The van der Waals surface area contributed by atoms with Crippen LogP contribution in [0, 0.1) is 10.1 Å². The first-order valence-electron chi connectivity index (χ1n) is 8.48. The van der Waals surface area contributed by atoms with Gasteiger partial charge in [0.2, 0.25) is 5.91 Å². The predicted molar refractivity (Wildman–Crippen MR) is 110 cm³/mol. The zero-order valence-electron chi connectivity index (χ0n) is 15.2.